The van der Waals surface area contributed by atoms with Crippen LogP contribution in [0.3, 0.4) is 0 Å². The molecule has 158 valence electrons. The highest BCUT2D eigenvalue weighted by molar-refractivity contribution is 6.08. The van der Waals surface area contributed by atoms with Crippen molar-refractivity contribution in [1.82, 2.24) is 0 Å². The van der Waals surface area contributed by atoms with Crippen molar-refractivity contribution in [2.45, 2.75) is 13.8 Å². The molecule has 0 amide bonds. The Kier molecular flexibility index (Phi) is 5.82. The van der Waals surface area contributed by atoms with E-state index in [1.165, 1.54) is 28.3 Å². The largest absolute Gasteiger partial charge is 0.493 e. The summed E-state index contributed by atoms with van der Waals surface area (Å²) in [5.74, 6) is -2.66. The molecule has 0 aromatic heterocycles. The number of carbonyl (C=O) groups is 1. The molecule has 2 aromatic rings. The van der Waals surface area contributed by atoms with Crippen molar-refractivity contribution in [1.29, 1.82) is 0 Å². The third kappa shape index (κ3) is 3.51. The first kappa shape index (κ1) is 21.4. The highest BCUT2D eigenvalue weighted by Gasteiger charge is 2.31. The molecule has 0 heterocycles. The van der Waals surface area contributed by atoms with Gasteiger partial charge < -0.3 is 19.3 Å². The number of benzene rings is 2. The van der Waals surface area contributed by atoms with Crippen LogP contribution in [0.4, 0.5) is 8.78 Å². The number of allylic oxidation sites excluding steroid dienone is 2. The molecule has 30 heavy (non-hydrogen) atoms. The summed E-state index contributed by atoms with van der Waals surface area (Å²) in [5.41, 5.74) is 3.16. The number of halogens is 2. The van der Waals surface area contributed by atoms with Crippen LogP contribution in [0.5, 0.6) is 17.2 Å². The maximum atomic E-state index is 14.0. The molecule has 7 heteroatoms. The number of hydrogen-bond donors (Lipinski definition) is 1. The normalized spacial score (nSPS) is 15.2. The van der Waals surface area contributed by atoms with Crippen molar-refractivity contribution in [3.05, 3.63) is 58.2 Å². The molecule has 2 aromatic carbocycles. The van der Waals surface area contributed by atoms with Crippen molar-refractivity contribution < 1.29 is 32.9 Å². The van der Waals surface area contributed by atoms with Crippen molar-refractivity contribution >= 4 is 23.2 Å². The molecule has 3 rings (SSSR count). The Balaban J connectivity index is 2.27. The number of methoxy groups -OCH3 is 3. The summed E-state index contributed by atoms with van der Waals surface area (Å²) >= 11 is 0. The molecule has 1 aliphatic carbocycles. The lowest BCUT2D eigenvalue weighted by molar-refractivity contribution is -0.139. The van der Waals surface area contributed by atoms with Gasteiger partial charge in [-0.05, 0) is 77.6 Å². The van der Waals surface area contributed by atoms with Gasteiger partial charge in [0.25, 0.3) is 0 Å². The van der Waals surface area contributed by atoms with Crippen molar-refractivity contribution in [2.75, 3.05) is 21.3 Å². The van der Waals surface area contributed by atoms with Crippen molar-refractivity contribution in [3.63, 3.8) is 0 Å². The predicted molar refractivity (Wildman–Crippen MR) is 110 cm³/mol. The molecule has 1 aliphatic rings. The standard InChI is InChI=1S/C23H22F2O5/c1-11-14(6-13-7-19(28-3)22(30-5)20(8-13)29-4)15-9-17(24)18(25)10-16(15)21(11)12(2)23(26)27/h6-10,12H,1-5H3,(H,26,27)/b14-6+. The average Bonchev–Trinajstić information content (AvgIpc) is 2.97. The minimum Gasteiger partial charge on any atom is -0.493 e. The van der Waals surface area contributed by atoms with Crippen LogP contribution in [0.15, 0.2) is 29.8 Å². The lowest BCUT2D eigenvalue weighted by atomic mass is 9.93. The fourth-order valence-corrected chi connectivity index (χ4v) is 3.76. The minimum absolute atomic E-state index is 0.375. The van der Waals surface area contributed by atoms with Gasteiger partial charge in [-0.1, -0.05) is 0 Å². The van der Waals surface area contributed by atoms with Gasteiger partial charge in [0.2, 0.25) is 5.75 Å². The van der Waals surface area contributed by atoms with E-state index in [0.717, 1.165) is 12.1 Å². The molecular weight excluding hydrogens is 394 g/mol. The highest BCUT2D eigenvalue weighted by Crippen LogP contribution is 2.47. The zero-order valence-corrected chi connectivity index (χ0v) is 17.3. The van der Waals surface area contributed by atoms with Crippen LogP contribution in [0.1, 0.15) is 30.5 Å². The second-order valence-corrected chi connectivity index (χ2v) is 6.93. The maximum absolute atomic E-state index is 14.0. The lowest BCUT2D eigenvalue weighted by Crippen LogP contribution is -2.11. The van der Waals surface area contributed by atoms with Crippen LogP contribution in [-0.4, -0.2) is 32.4 Å². The number of carboxylic acids is 1. The first-order valence-electron chi connectivity index (χ1n) is 9.18. The van der Waals surface area contributed by atoms with E-state index in [9.17, 15) is 18.7 Å². The molecule has 0 saturated carbocycles. The molecule has 5 nitrogen and oxygen atoms in total. The van der Waals surface area contributed by atoms with Gasteiger partial charge in [-0.15, -0.1) is 0 Å². The second kappa shape index (κ2) is 8.18. The van der Waals surface area contributed by atoms with Crippen molar-refractivity contribution in [2.24, 2.45) is 5.92 Å². The number of aliphatic carboxylic acids is 1. The van der Waals surface area contributed by atoms with E-state index in [2.05, 4.69) is 0 Å². The van der Waals surface area contributed by atoms with Gasteiger partial charge in [-0.25, -0.2) is 8.78 Å². The van der Waals surface area contributed by atoms with Gasteiger partial charge in [-0.2, -0.15) is 0 Å². The third-order valence-corrected chi connectivity index (χ3v) is 5.25. The number of ether oxygens (including phenoxy) is 3. The SMILES string of the molecule is COc1cc(/C=C2\C(C)=C(C(C)C(=O)O)c3cc(F)c(F)cc32)cc(OC)c1OC. The number of hydrogen-bond acceptors (Lipinski definition) is 4. The maximum Gasteiger partial charge on any atom is 0.310 e. The fraction of sp³-hybridized carbons (Fsp3) is 0.261. The Morgan fingerprint density at radius 1 is 0.967 bits per heavy atom. The molecule has 1 N–H and O–H groups in total. The topological polar surface area (TPSA) is 65.0 Å². The quantitative estimate of drug-likeness (QED) is 0.715. The smallest absolute Gasteiger partial charge is 0.310 e. The Morgan fingerprint density at radius 3 is 1.97 bits per heavy atom. The molecule has 0 aliphatic heterocycles. The van der Waals surface area contributed by atoms with E-state index in [-0.39, 0.29) is 0 Å². The Morgan fingerprint density at radius 2 is 1.50 bits per heavy atom. The van der Waals surface area contributed by atoms with Crippen LogP contribution in [-0.2, 0) is 4.79 Å². The Bertz CT molecular complexity index is 1060. The zero-order valence-electron chi connectivity index (χ0n) is 17.3. The van der Waals surface area contributed by atoms with E-state index in [1.54, 1.807) is 25.1 Å². The zero-order chi connectivity index (χ0) is 22.2. The number of carboxylic acid groups (broad SMARTS) is 1. The summed E-state index contributed by atoms with van der Waals surface area (Å²) in [6.07, 6.45) is 1.76. The molecule has 0 fully saturated rings. The van der Waals surface area contributed by atoms with Gasteiger partial charge in [-0.3, -0.25) is 4.79 Å². The first-order valence-corrected chi connectivity index (χ1v) is 9.18. The summed E-state index contributed by atoms with van der Waals surface area (Å²) < 4.78 is 44.1. The summed E-state index contributed by atoms with van der Waals surface area (Å²) in [6, 6.07) is 5.60. The predicted octanol–water partition coefficient (Wildman–Crippen LogP) is 5.04. The monoisotopic (exact) mass is 416 g/mol. The van der Waals surface area contributed by atoms with Gasteiger partial charge in [0.15, 0.2) is 23.1 Å². The Labute approximate surface area is 173 Å². The van der Waals surface area contributed by atoms with Crippen LogP contribution < -0.4 is 14.2 Å². The fourth-order valence-electron chi connectivity index (χ4n) is 3.76. The average molecular weight is 416 g/mol. The van der Waals surface area contributed by atoms with Gasteiger partial charge in [0, 0.05) is 0 Å². The van der Waals surface area contributed by atoms with Crippen LogP contribution >= 0.6 is 0 Å². The molecule has 0 bridgehead atoms. The van der Waals surface area contributed by atoms with E-state index < -0.39 is 23.5 Å². The molecular formula is C23H22F2O5. The molecule has 1 unspecified atom stereocenters. The summed E-state index contributed by atoms with van der Waals surface area (Å²) in [6.45, 7) is 3.27. The lowest BCUT2D eigenvalue weighted by Gasteiger charge is -2.13. The third-order valence-electron chi connectivity index (χ3n) is 5.25. The van der Waals surface area contributed by atoms with Gasteiger partial charge in [0.05, 0.1) is 27.2 Å². The number of fused-ring (bicyclic) bond motifs is 1. The van der Waals surface area contributed by atoms with E-state index >= 15 is 0 Å². The van der Waals surface area contributed by atoms with E-state index in [4.69, 9.17) is 14.2 Å². The number of rotatable bonds is 6. The molecule has 0 radical (unpaired) electrons. The second-order valence-electron chi connectivity index (χ2n) is 6.93. The molecule has 0 saturated heterocycles. The van der Waals surface area contributed by atoms with Crippen molar-refractivity contribution in [3.8, 4) is 17.2 Å². The van der Waals surface area contributed by atoms with E-state index in [1.807, 2.05) is 0 Å². The Hall–Kier alpha value is -3.35. The first-order chi connectivity index (χ1) is 14.2. The van der Waals surface area contributed by atoms with Crippen LogP contribution in [0, 0.1) is 17.6 Å². The minimum atomic E-state index is -1.05. The van der Waals surface area contributed by atoms with Crippen LogP contribution in [0.25, 0.3) is 17.2 Å². The summed E-state index contributed by atoms with van der Waals surface area (Å²) in [7, 11) is 4.49. The van der Waals surface area contributed by atoms with Gasteiger partial charge >= 0.3 is 5.97 Å². The van der Waals surface area contributed by atoms with E-state index in [0.29, 0.717) is 50.7 Å². The molecule has 0 spiro atoms. The summed E-state index contributed by atoms with van der Waals surface area (Å²) in [4.78, 5) is 11.6. The highest BCUT2D eigenvalue weighted by atomic mass is 19.2. The summed E-state index contributed by atoms with van der Waals surface area (Å²) in [5, 5.41) is 9.51. The van der Waals surface area contributed by atoms with Crippen LogP contribution in [0.2, 0.25) is 0 Å². The molecule has 1 atom stereocenters. The van der Waals surface area contributed by atoms with Gasteiger partial charge in [0.1, 0.15) is 0 Å².